The van der Waals surface area contributed by atoms with Gasteiger partial charge in [-0.2, -0.15) is 0 Å². The Morgan fingerprint density at radius 3 is 2.46 bits per heavy atom. The minimum absolute atomic E-state index is 0.335. The number of ether oxygens (including phenoxy) is 2. The van der Waals surface area contributed by atoms with Crippen molar-refractivity contribution >= 4 is 29.9 Å². The predicted molar refractivity (Wildman–Crippen MR) is 103 cm³/mol. The molecule has 4 rings (SSSR count). The van der Waals surface area contributed by atoms with Gasteiger partial charge >= 0.3 is 7.12 Å². The molecular weight excluding hydrogens is 352 g/mol. The van der Waals surface area contributed by atoms with Gasteiger partial charge in [-0.15, -0.1) is 0 Å². The van der Waals surface area contributed by atoms with Gasteiger partial charge < -0.3 is 24.1 Å². The van der Waals surface area contributed by atoms with E-state index in [4.69, 9.17) is 30.4 Å². The summed E-state index contributed by atoms with van der Waals surface area (Å²) in [5.74, 6) is 0.298. The van der Waals surface area contributed by atoms with E-state index in [0.29, 0.717) is 30.0 Å². The second-order valence-electron chi connectivity index (χ2n) is 7.77. The largest absolute Gasteiger partial charge is 0.563 e. The van der Waals surface area contributed by atoms with E-state index in [9.17, 15) is 0 Å². The van der Waals surface area contributed by atoms with Crippen LogP contribution in [0.2, 0.25) is 5.02 Å². The van der Waals surface area contributed by atoms with Crippen molar-refractivity contribution in [1.29, 1.82) is 0 Å². The molecule has 1 spiro atoms. The van der Waals surface area contributed by atoms with Crippen molar-refractivity contribution in [2.45, 2.75) is 57.0 Å². The monoisotopic (exact) mass is 377 g/mol. The summed E-state index contributed by atoms with van der Waals surface area (Å²) in [6.45, 7) is 9.22. The Morgan fingerprint density at radius 2 is 1.88 bits per heavy atom. The molecule has 3 aliphatic rings. The van der Waals surface area contributed by atoms with Crippen LogP contribution in [-0.4, -0.2) is 37.8 Å². The SMILES string of the molecule is C=C1OB(c2ccc(NC3CCC4(CC3)OCCO4)c(Cl)c2)OC1(C)C. The highest BCUT2D eigenvalue weighted by Gasteiger charge is 2.43. The smallest absolute Gasteiger partial charge is 0.534 e. The lowest BCUT2D eigenvalue weighted by molar-refractivity contribution is -0.177. The maximum absolute atomic E-state index is 6.51. The van der Waals surface area contributed by atoms with E-state index < -0.39 is 12.7 Å². The Kier molecular flexibility index (Phi) is 4.72. The Balaban J connectivity index is 1.39. The first-order valence-electron chi connectivity index (χ1n) is 9.25. The minimum atomic E-state index is -0.490. The van der Waals surface area contributed by atoms with Crippen LogP contribution in [0.4, 0.5) is 5.69 Å². The summed E-state index contributed by atoms with van der Waals surface area (Å²) in [7, 11) is -0.463. The molecule has 0 aromatic heterocycles. The molecule has 1 aromatic rings. The molecule has 26 heavy (non-hydrogen) atoms. The molecule has 1 saturated carbocycles. The predicted octanol–water partition coefficient (Wildman–Crippen LogP) is 3.47. The van der Waals surface area contributed by atoms with E-state index in [2.05, 4.69) is 11.9 Å². The number of benzene rings is 1. The van der Waals surface area contributed by atoms with Crippen LogP contribution in [0.15, 0.2) is 30.5 Å². The van der Waals surface area contributed by atoms with Crippen molar-refractivity contribution in [3.8, 4) is 0 Å². The highest BCUT2D eigenvalue weighted by Crippen LogP contribution is 2.37. The third-order valence-corrected chi connectivity index (χ3v) is 5.82. The molecular formula is C19H25BClNO4. The van der Waals surface area contributed by atoms with Gasteiger partial charge in [-0.25, -0.2) is 0 Å². The van der Waals surface area contributed by atoms with E-state index in [0.717, 1.165) is 36.8 Å². The zero-order chi connectivity index (χ0) is 18.4. The lowest BCUT2D eigenvalue weighted by atomic mass is 9.79. The lowest BCUT2D eigenvalue weighted by Gasteiger charge is -2.36. The first-order chi connectivity index (χ1) is 12.4. The Labute approximate surface area is 160 Å². The fraction of sp³-hybridized carbons (Fsp3) is 0.579. The first-order valence-corrected chi connectivity index (χ1v) is 9.62. The quantitative estimate of drug-likeness (QED) is 0.817. The van der Waals surface area contributed by atoms with Gasteiger partial charge in [0.15, 0.2) is 5.79 Å². The summed E-state index contributed by atoms with van der Waals surface area (Å²) in [6.07, 6.45) is 3.84. The summed E-state index contributed by atoms with van der Waals surface area (Å²) < 4.78 is 23.2. The fourth-order valence-electron chi connectivity index (χ4n) is 3.77. The van der Waals surface area contributed by atoms with Crippen molar-refractivity contribution < 1.29 is 18.8 Å². The number of halogens is 1. The van der Waals surface area contributed by atoms with Crippen LogP contribution < -0.4 is 10.8 Å². The molecule has 1 aromatic carbocycles. The molecule has 0 amide bonds. The van der Waals surface area contributed by atoms with Crippen LogP contribution in [-0.2, 0) is 18.8 Å². The van der Waals surface area contributed by atoms with Crippen molar-refractivity contribution in [2.24, 2.45) is 0 Å². The summed E-state index contributed by atoms with van der Waals surface area (Å²) in [5, 5.41) is 4.22. The van der Waals surface area contributed by atoms with Crippen LogP contribution >= 0.6 is 11.6 Å². The Morgan fingerprint density at radius 1 is 1.19 bits per heavy atom. The van der Waals surface area contributed by atoms with Crippen molar-refractivity contribution in [3.63, 3.8) is 0 Å². The van der Waals surface area contributed by atoms with Gasteiger partial charge in [0.05, 0.1) is 29.7 Å². The molecule has 1 aliphatic carbocycles. The molecule has 7 heteroatoms. The molecule has 2 saturated heterocycles. The molecule has 0 unspecified atom stereocenters. The average Bonchev–Trinajstić information content (AvgIpc) is 3.16. The van der Waals surface area contributed by atoms with Crippen LogP contribution in [0.25, 0.3) is 0 Å². The van der Waals surface area contributed by atoms with Crippen LogP contribution in [0.1, 0.15) is 39.5 Å². The van der Waals surface area contributed by atoms with Crippen molar-refractivity contribution in [2.75, 3.05) is 18.5 Å². The minimum Gasteiger partial charge on any atom is -0.534 e. The molecule has 0 atom stereocenters. The summed E-state index contributed by atoms with van der Waals surface area (Å²) >= 11 is 6.51. The molecule has 140 valence electrons. The highest BCUT2D eigenvalue weighted by molar-refractivity contribution is 6.62. The van der Waals surface area contributed by atoms with Crippen LogP contribution in [0, 0.1) is 0 Å². The molecule has 2 heterocycles. The zero-order valence-electron chi connectivity index (χ0n) is 15.3. The summed E-state index contributed by atoms with van der Waals surface area (Å²) in [5.41, 5.74) is 1.33. The van der Waals surface area contributed by atoms with Crippen molar-refractivity contribution in [3.05, 3.63) is 35.6 Å². The van der Waals surface area contributed by atoms with Crippen molar-refractivity contribution in [1.82, 2.24) is 0 Å². The maximum atomic E-state index is 6.51. The summed E-state index contributed by atoms with van der Waals surface area (Å²) in [6, 6.07) is 6.25. The molecule has 5 nitrogen and oxygen atoms in total. The second-order valence-corrected chi connectivity index (χ2v) is 8.17. The van der Waals surface area contributed by atoms with E-state index >= 15 is 0 Å². The highest BCUT2D eigenvalue weighted by atomic mass is 35.5. The molecule has 2 aliphatic heterocycles. The van der Waals surface area contributed by atoms with Gasteiger partial charge in [-0.05, 0) is 44.3 Å². The second kappa shape index (κ2) is 6.75. The van der Waals surface area contributed by atoms with Crippen LogP contribution in [0.3, 0.4) is 0 Å². The Bertz CT molecular complexity index is 695. The zero-order valence-corrected chi connectivity index (χ0v) is 16.1. The van der Waals surface area contributed by atoms with Gasteiger partial charge in [0.2, 0.25) is 0 Å². The van der Waals surface area contributed by atoms with Gasteiger partial charge in [0.25, 0.3) is 0 Å². The average molecular weight is 378 g/mol. The number of hydrogen-bond acceptors (Lipinski definition) is 5. The van der Waals surface area contributed by atoms with Gasteiger partial charge in [0, 0.05) is 18.9 Å². The number of anilines is 1. The molecule has 3 fully saturated rings. The number of rotatable bonds is 3. The molecule has 0 bridgehead atoms. The third kappa shape index (κ3) is 3.48. The molecule has 1 N–H and O–H groups in total. The third-order valence-electron chi connectivity index (χ3n) is 5.51. The number of hydrogen-bond donors (Lipinski definition) is 1. The fourth-order valence-corrected chi connectivity index (χ4v) is 4.01. The summed E-state index contributed by atoms with van der Waals surface area (Å²) in [4.78, 5) is 0. The van der Waals surface area contributed by atoms with Gasteiger partial charge in [0.1, 0.15) is 5.60 Å². The van der Waals surface area contributed by atoms with E-state index in [1.807, 2.05) is 32.0 Å². The van der Waals surface area contributed by atoms with E-state index in [1.165, 1.54) is 0 Å². The molecule has 0 radical (unpaired) electrons. The van der Waals surface area contributed by atoms with E-state index in [-0.39, 0.29) is 5.79 Å². The van der Waals surface area contributed by atoms with Gasteiger partial charge in [-0.1, -0.05) is 24.2 Å². The van der Waals surface area contributed by atoms with Crippen LogP contribution in [0.5, 0.6) is 0 Å². The maximum Gasteiger partial charge on any atom is 0.563 e. The standard InChI is InChI=1S/C19H25BClNO4/c1-13-18(2,3)26-20(25-13)14-4-5-17(16(21)12-14)22-15-6-8-19(9-7-15)23-10-11-24-19/h4-5,12,15,22H,1,6-11H2,2-3H3. The Hall–Kier alpha value is -1.21. The van der Waals surface area contributed by atoms with Gasteiger partial charge in [-0.3, -0.25) is 0 Å². The normalized spacial score (nSPS) is 24.9. The number of nitrogens with one attached hydrogen (secondary N) is 1. The van der Waals surface area contributed by atoms with E-state index in [1.54, 1.807) is 0 Å². The first kappa shape index (κ1) is 18.2. The topological polar surface area (TPSA) is 49.0 Å². The lowest BCUT2D eigenvalue weighted by Crippen LogP contribution is -2.39.